The highest BCUT2D eigenvalue weighted by molar-refractivity contribution is 5.92. The smallest absolute Gasteiger partial charge is 0.416 e. The molecule has 2 aliphatic heterocycles. The van der Waals surface area contributed by atoms with Crippen LogP contribution in [0.1, 0.15) is 74.8 Å². The molecule has 280 valence electrons. The Morgan fingerprint density at radius 2 is 1.74 bits per heavy atom. The first-order valence-corrected chi connectivity index (χ1v) is 18.4. The number of ether oxygens (including phenoxy) is 3. The lowest BCUT2D eigenvalue weighted by Gasteiger charge is -2.65. The number of esters is 2. The molecule has 3 aromatic rings. The number of rotatable bonds is 10. The van der Waals surface area contributed by atoms with Crippen LogP contribution >= 0.6 is 0 Å². The lowest BCUT2D eigenvalue weighted by molar-refractivity contribution is -0.224. The summed E-state index contributed by atoms with van der Waals surface area (Å²) in [5.74, 6) is -0.351. The molecular weight excluding hydrogens is 685 g/mol. The first-order chi connectivity index (χ1) is 25.2. The Hall–Kier alpha value is -4.64. The number of amides is 1. The number of carbonyl (C=O) groups excluding carboxylic acids is 3. The normalized spacial score (nSPS) is 25.8. The summed E-state index contributed by atoms with van der Waals surface area (Å²) >= 11 is 0. The highest BCUT2D eigenvalue weighted by Gasteiger charge is 2.75. The Morgan fingerprint density at radius 1 is 1.00 bits per heavy atom. The number of likely N-dealkylation sites (tertiary alicyclic amines) is 1. The molecule has 5 atom stereocenters. The third-order valence-corrected chi connectivity index (χ3v) is 11.5. The van der Waals surface area contributed by atoms with Crippen molar-refractivity contribution in [3.8, 4) is 11.5 Å². The summed E-state index contributed by atoms with van der Waals surface area (Å²) in [4.78, 5) is 44.0. The van der Waals surface area contributed by atoms with Crippen molar-refractivity contribution in [3.63, 3.8) is 0 Å². The van der Waals surface area contributed by atoms with E-state index in [-0.39, 0.29) is 23.8 Å². The van der Waals surface area contributed by atoms with Crippen molar-refractivity contribution in [2.24, 2.45) is 5.92 Å². The predicted molar refractivity (Wildman–Crippen MR) is 192 cm³/mol. The molecule has 1 saturated carbocycles. The molecule has 53 heavy (non-hydrogen) atoms. The maximum Gasteiger partial charge on any atom is 0.416 e. The van der Waals surface area contributed by atoms with Crippen LogP contribution in [0.2, 0.25) is 0 Å². The lowest BCUT2D eigenvalue weighted by Crippen LogP contribution is -2.79. The molecule has 8 nitrogen and oxygen atoms in total. The van der Waals surface area contributed by atoms with Gasteiger partial charge in [0, 0.05) is 38.6 Å². The van der Waals surface area contributed by atoms with E-state index in [1.165, 1.54) is 43.7 Å². The Balaban J connectivity index is 1.30. The minimum atomic E-state index is -4.46. The zero-order valence-corrected chi connectivity index (χ0v) is 30.4. The topological polar surface area (TPSA) is 85.4 Å². The summed E-state index contributed by atoms with van der Waals surface area (Å²) in [6, 6.07) is 18.1. The maximum absolute atomic E-state index is 14.3. The maximum atomic E-state index is 14.3. The number of carbonyl (C=O) groups is 3. The van der Waals surface area contributed by atoms with E-state index in [1.54, 1.807) is 6.07 Å². The first-order valence-electron chi connectivity index (χ1n) is 18.4. The van der Waals surface area contributed by atoms with Crippen LogP contribution in [0.3, 0.4) is 0 Å². The van der Waals surface area contributed by atoms with E-state index < -0.39 is 40.9 Å². The number of nitrogens with zero attached hydrogens (tertiary/aromatic N) is 2. The molecule has 0 aromatic heterocycles. The quantitative estimate of drug-likeness (QED) is 0.124. The molecule has 2 bridgehead atoms. The zero-order valence-electron chi connectivity index (χ0n) is 30.4. The second kappa shape index (κ2) is 14.0. The van der Waals surface area contributed by atoms with Crippen molar-refractivity contribution in [1.29, 1.82) is 0 Å². The Morgan fingerprint density at radius 3 is 2.40 bits per heavy atom. The van der Waals surface area contributed by atoms with Crippen LogP contribution < -0.4 is 9.47 Å². The van der Waals surface area contributed by atoms with Gasteiger partial charge in [-0.2, -0.15) is 13.2 Å². The van der Waals surface area contributed by atoms with Crippen LogP contribution in [-0.2, 0) is 43.6 Å². The summed E-state index contributed by atoms with van der Waals surface area (Å²) in [5, 5.41) is 0. The van der Waals surface area contributed by atoms with Crippen molar-refractivity contribution in [1.82, 2.24) is 9.80 Å². The number of halogens is 3. The number of benzene rings is 3. The highest BCUT2D eigenvalue weighted by Crippen LogP contribution is 2.67. The van der Waals surface area contributed by atoms with E-state index in [2.05, 4.69) is 17.0 Å². The summed E-state index contributed by atoms with van der Waals surface area (Å²) in [6.07, 6.45) is 0.813. The Bertz CT molecular complexity index is 1910. The Kier molecular flexibility index (Phi) is 9.68. The van der Waals surface area contributed by atoms with Crippen LogP contribution in [0.5, 0.6) is 11.5 Å². The van der Waals surface area contributed by atoms with Crippen LogP contribution in [0.25, 0.3) is 6.08 Å². The van der Waals surface area contributed by atoms with Crippen LogP contribution in [0.15, 0.2) is 72.8 Å². The fourth-order valence-corrected chi connectivity index (χ4v) is 9.60. The van der Waals surface area contributed by atoms with Gasteiger partial charge >= 0.3 is 18.1 Å². The van der Waals surface area contributed by atoms with E-state index in [0.29, 0.717) is 55.8 Å². The van der Waals surface area contributed by atoms with Gasteiger partial charge < -0.3 is 19.1 Å². The standard InChI is InChI=1S/C42H45F3N2O6/c1-26(2)25-47(36(50)17-12-30-10-14-32(15-11-30)42(43,44)45)33-18-20-41(53-28(4)49)35-24-31-13-16-34(51-27(3)48)38-37(31)40(41,39(33)52-38)21-23-46(35)22-19-29-8-6-5-7-9-29/h5-17,26,33,35,39H,18-25H2,1-4H3/t33?,35-,39?,40+,41-/m1/s1. The molecule has 11 heteroatoms. The molecule has 2 unspecified atom stereocenters. The third-order valence-electron chi connectivity index (χ3n) is 11.5. The van der Waals surface area contributed by atoms with E-state index in [9.17, 15) is 27.6 Å². The van der Waals surface area contributed by atoms with Gasteiger partial charge in [-0.05, 0) is 85.5 Å². The van der Waals surface area contributed by atoms with E-state index >= 15 is 0 Å². The van der Waals surface area contributed by atoms with E-state index in [0.717, 1.165) is 36.2 Å². The predicted octanol–water partition coefficient (Wildman–Crippen LogP) is 7.16. The van der Waals surface area contributed by atoms with Gasteiger partial charge in [0.15, 0.2) is 11.5 Å². The second-order valence-electron chi connectivity index (χ2n) is 15.2. The van der Waals surface area contributed by atoms with Gasteiger partial charge in [0.1, 0.15) is 11.7 Å². The van der Waals surface area contributed by atoms with Crippen LogP contribution in [0, 0.1) is 5.92 Å². The van der Waals surface area contributed by atoms with Gasteiger partial charge in [-0.3, -0.25) is 19.3 Å². The molecule has 4 aliphatic rings. The third kappa shape index (κ3) is 6.51. The summed E-state index contributed by atoms with van der Waals surface area (Å²) in [6.45, 7) is 8.69. The molecule has 1 spiro atoms. The molecule has 1 amide bonds. The largest absolute Gasteiger partial charge is 0.483 e. The van der Waals surface area contributed by atoms with Crippen molar-refractivity contribution >= 4 is 23.9 Å². The average molecular weight is 731 g/mol. The molecule has 2 heterocycles. The number of piperidine rings is 1. The van der Waals surface area contributed by atoms with Gasteiger partial charge in [-0.15, -0.1) is 0 Å². The molecule has 0 radical (unpaired) electrons. The SMILES string of the molecule is CC(=O)Oc1ccc2c3c1OC1C(N(CC(C)C)C(=O)C=Cc4ccc(C(F)(F)F)cc4)CC[C@@]4(OC(C)=O)[C@@H](C2)N(CCc2ccccc2)CC[C@]314. The molecular formula is C42H45F3N2O6. The first kappa shape index (κ1) is 36.7. The number of alkyl halides is 3. The second-order valence-corrected chi connectivity index (χ2v) is 15.2. The highest BCUT2D eigenvalue weighted by atomic mass is 19.4. The fraction of sp³-hybridized carbons (Fsp3) is 0.452. The average Bonchev–Trinajstić information content (AvgIpc) is 3.46. The monoisotopic (exact) mass is 730 g/mol. The lowest BCUT2D eigenvalue weighted by atomic mass is 9.48. The Labute approximate surface area is 307 Å². The number of hydrogen-bond donors (Lipinski definition) is 0. The van der Waals surface area contributed by atoms with Gasteiger partial charge in [0.2, 0.25) is 5.91 Å². The molecule has 7 rings (SSSR count). The van der Waals surface area contributed by atoms with Crippen molar-refractivity contribution in [2.45, 2.75) is 95.2 Å². The minimum absolute atomic E-state index is 0.0750. The van der Waals surface area contributed by atoms with Crippen LogP contribution in [0.4, 0.5) is 13.2 Å². The van der Waals surface area contributed by atoms with Gasteiger partial charge in [-0.25, -0.2) is 0 Å². The molecule has 3 aromatic carbocycles. The van der Waals surface area contributed by atoms with Gasteiger partial charge in [-0.1, -0.05) is 62.4 Å². The molecule has 1 saturated heterocycles. The van der Waals surface area contributed by atoms with Crippen molar-refractivity contribution in [3.05, 3.63) is 101 Å². The summed E-state index contributed by atoms with van der Waals surface area (Å²) < 4.78 is 58.9. The van der Waals surface area contributed by atoms with Gasteiger partial charge in [0.25, 0.3) is 0 Å². The summed E-state index contributed by atoms with van der Waals surface area (Å²) in [7, 11) is 0. The molecule has 2 aliphatic carbocycles. The van der Waals surface area contributed by atoms with Crippen molar-refractivity contribution in [2.75, 3.05) is 19.6 Å². The zero-order chi connectivity index (χ0) is 37.7. The molecule has 0 N–H and O–H groups in total. The number of hydrogen-bond acceptors (Lipinski definition) is 7. The van der Waals surface area contributed by atoms with E-state index in [4.69, 9.17) is 14.2 Å². The van der Waals surface area contributed by atoms with E-state index in [1.807, 2.05) is 43.0 Å². The summed E-state index contributed by atoms with van der Waals surface area (Å²) in [5.41, 5.74) is 1.03. The fourth-order valence-electron chi connectivity index (χ4n) is 9.60. The van der Waals surface area contributed by atoms with Gasteiger partial charge in [0.05, 0.1) is 23.1 Å². The molecule has 2 fully saturated rings. The van der Waals surface area contributed by atoms with Crippen LogP contribution in [-0.4, -0.2) is 71.1 Å². The van der Waals surface area contributed by atoms with Crippen molar-refractivity contribution < 1.29 is 41.8 Å². The minimum Gasteiger partial charge on any atom is -0.483 e.